The first kappa shape index (κ1) is 32.7. The Morgan fingerprint density at radius 3 is 0.907 bits per heavy atom. The summed E-state index contributed by atoms with van der Waals surface area (Å²) in [7, 11) is 0. The van der Waals surface area contributed by atoms with Crippen LogP contribution in [0.3, 0.4) is 0 Å². The predicted octanol–water partition coefficient (Wildman–Crippen LogP) is 13.8. The number of rotatable bonds is 8. The van der Waals surface area contributed by atoms with E-state index in [1.807, 2.05) is 36.9 Å². The fraction of sp³-hybridized carbons (Fsp3) is 0. The lowest BCUT2D eigenvalue weighted by molar-refractivity contribution is 1.33. The van der Waals surface area contributed by atoms with Crippen molar-refractivity contribution in [3.05, 3.63) is 219 Å². The van der Waals surface area contributed by atoms with Gasteiger partial charge in [-0.05, 0) is 125 Å². The van der Waals surface area contributed by atoms with Crippen molar-refractivity contribution >= 4 is 0 Å². The summed E-state index contributed by atoms with van der Waals surface area (Å²) in [5, 5.41) is 0. The summed E-state index contributed by atoms with van der Waals surface area (Å²) < 4.78 is 0. The molecule has 2 heteroatoms. The molecule has 0 aliphatic carbocycles. The predicted molar refractivity (Wildman–Crippen MR) is 226 cm³/mol. The molecule has 9 aromatic rings. The molecule has 7 aromatic carbocycles. The van der Waals surface area contributed by atoms with Crippen LogP contribution in [0.2, 0.25) is 0 Å². The van der Waals surface area contributed by atoms with Crippen LogP contribution in [0.1, 0.15) is 0 Å². The van der Waals surface area contributed by atoms with Crippen molar-refractivity contribution in [2.24, 2.45) is 0 Å². The molecule has 0 unspecified atom stereocenters. The smallest absolute Gasteiger partial charge is 0.0346 e. The van der Waals surface area contributed by atoms with Gasteiger partial charge in [0.05, 0.1) is 0 Å². The second-order valence-electron chi connectivity index (χ2n) is 13.5. The molecular formula is C52H36N2. The molecule has 0 saturated heterocycles. The average Bonchev–Trinajstić information content (AvgIpc) is 3.27. The zero-order valence-corrected chi connectivity index (χ0v) is 29.7. The lowest BCUT2D eigenvalue weighted by Gasteiger charge is -2.20. The highest BCUT2D eigenvalue weighted by Crippen LogP contribution is 2.44. The Kier molecular flexibility index (Phi) is 8.99. The maximum Gasteiger partial charge on any atom is 0.0346 e. The minimum atomic E-state index is 1.10. The minimum absolute atomic E-state index is 1.10. The van der Waals surface area contributed by atoms with Crippen molar-refractivity contribution in [1.82, 2.24) is 9.97 Å². The third kappa shape index (κ3) is 6.77. The highest BCUT2D eigenvalue weighted by Gasteiger charge is 2.18. The Hall–Kier alpha value is -7.16. The zero-order chi connectivity index (χ0) is 36.1. The van der Waals surface area contributed by atoms with Gasteiger partial charge in [0.1, 0.15) is 0 Å². The third-order valence-corrected chi connectivity index (χ3v) is 10.1. The van der Waals surface area contributed by atoms with Crippen LogP contribution in [-0.2, 0) is 0 Å². The van der Waals surface area contributed by atoms with E-state index in [4.69, 9.17) is 0 Å². The molecule has 2 heterocycles. The number of nitrogens with zero attached hydrogens (tertiary/aromatic N) is 2. The van der Waals surface area contributed by atoms with Gasteiger partial charge in [-0.3, -0.25) is 9.97 Å². The number of hydrogen-bond donors (Lipinski definition) is 0. The fourth-order valence-corrected chi connectivity index (χ4v) is 7.30. The lowest BCUT2D eigenvalue weighted by atomic mass is 9.84. The molecule has 0 aliphatic heterocycles. The molecular weight excluding hydrogens is 653 g/mol. The van der Waals surface area contributed by atoms with Crippen molar-refractivity contribution in [3.8, 4) is 89.0 Å². The molecule has 0 fully saturated rings. The van der Waals surface area contributed by atoms with Gasteiger partial charge in [0.25, 0.3) is 0 Å². The highest BCUT2D eigenvalue weighted by atomic mass is 14.6. The molecule has 0 amide bonds. The first-order valence-electron chi connectivity index (χ1n) is 18.3. The van der Waals surface area contributed by atoms with Gasteiger partial charge in [-0.15, -0.1) is 0 Å². The van der Waals surface area contributed by atoms with E-state index in [-0.39, 0.29) is 0 Å². The van der Waals surface area contributed by atoms with E-state index in [0.717, 1.165) is 33.4 Å². The second-order valence-corrected chi connectivity index (χ2v) is 13.5. The van der Waals surface area contributed by atoms with Crippen LogP contribution in [0.15, 0.2) is 219 Å². The molecule has 0 aliphatic rings. The standard InChI is InChI=1S/C52H36N2/c1-3-11-37(12-4-1)43-15-7-17-45(31-43)51-34-52(46-18-8-16-44(32-46)38-13-5-2-6-14-38)50(42-27-23-40(24-28-42)48-20-10-30-54-36-48)33-49(51)41-25-21-39(22-26-41)47-19-9-29-53-35-47/h1-36H. The molecule has 0 spiro atoms. The van der Waals surface area contributed by atoms with Gasteiger partial charge >= 0.3 is 0 Å². The quantitative estimate of drug-likeness (QED) is 0.159. The summed E-state index contributed by atoms with van der Waals surface area (Å²) in [6.45, 7) is 0. The Morgan fingerprint density at radius 1 is 0.204 bits per heavy atom. The van der Waals surface area contributed by atoms with Gasteiger partial charge in [0.15, 0.2) is 0 Å². The fourth-order valence-electron chi connectivity index (χ4n) is 7.30. The van der Waals surface area contributed by atoms with E-state index in [1.165, 1.54) is 55.6 Å². The van der Waals surface area contributed by atoms with E-state index in [9.17, 15) is 0 Å². The molecule has 0 atom stereocenters. The van der Waals surface area contributed by atoms with Crippen LogP contribution in [0.25, 0.3) is 89.0 Å². The lowest BCUT2D eigenvalue weighted by Crippen LogP contribution is -1.94. The van der Waals surface area contributed by atoms with E-state index >= 15 is 0 Å². The highest BCUT2D eigenvalue weighted by molar-refractivity contribution is 5.96. The molecule has 0 N–H and O–H groups in total. The van der Waals surface area contributed by atoms with Crippen molar-refractivity contribution in [3.63, 3.8) is 0 Å². The van der Waals surface area contributed by atoms with Crippen LogP contribution in [-0.4, -0.2) is 9.97 Å². The van der Waals surface area contributed by atoms with Gasteiger partial charge < -0.3 is 0 Å². The molecule has 254 valence electrons. The van der Waals surface area contributed by atoms with E-state index in [1.54, 1.807) is 0 Å². The van der Waals surface area contributed by atoms with E-state index in [0.29, 0.717) is 0 Å². The summed E-state index contributed by atoms with van der Waals surface area (Å²) in [5.74, 6) is 0. The summed E-state index contributed by atoms with van der Waals surface area (Å²) >= 11 is 0. The number of hydrogen-bond acceptors (Lipinski definition) is 2. The van der Waals surface area contributed by atoms with Crippen molar-refractivity contribution in [2.45, 2.75) is 0 Å². The summed E-state index contributed by atoms with van der Waals surface area (Å²) in [6.07, 6.45) is 7.47. The third-order valence-electron chi connectivity index (χ3n) is 10.1. The Bertz CT molecular complexity index is 2470. The summed E-state index contributed by atoms with van der Waals surface area (Å²) in [5.41, 5.74) is 18.6. The topological polar surface area (TPSA) is 25.8 Å². The molecule has 0 radical (unpaired) electrons. The largest absolute Gasteiger partial charge is 0.264 e. The average molecular weight is 689 g/mol. The molecule has 0 saturated carbocycles. The van der Waals surface area contributed by atoms with Crippen LogP contribution in [0.5, 0.6) is 0 Å². The van der Waals surface area contributed by atoms with Crippen LogP contribution in [0, 0.1) is 0 Å². The Morgan fingerprint density at radius 2 is 0.519 bits per heavy atom. The number of aromatic nitrogens is 2. The van der Waals surface area contributed by atoms with E-state index < -0.39 is 0 Å². The van der Waals surface area contributed by atoms with Crippen LogP contribution < -0.4 is 0 Å². The van der Waals surface area contributed by atoms with Crippen molar-refractivity contribution < 1.29 is 0 Å². The molecule has 0 bridgehead atoms. The van der Waals surface area contributed by atoms with Gasteiger partial charge in [0.2, 0.25) is 0 Å². The maximum absolute atomic E-state index is 4.36. The van der Waals surface area contributed by atoms with Gasteiger partial charge in [-0.2, -0.15) is 0 Å². The second kappa shape index (κ2) is 14.8. The van der Waals surface area contributed by atoms with Gasteiger partial charge in [-0.25, -0.2) is 0 Å². The monoisotopic (exact) mass is 688 g/mol. The van der Waals surface area contributed by atoms with Gasteiger partial charge in [-0.1, -0.05) is 158 Å². The number of pyridine rings is 2. The SMILES string of the molecule is c1ccc(-c2cccc(-c3cc(-c4cccc(-c5ccccc5)c4)c(-c4ccc(-c5cccnc5)cc4)cc3-c3ccc(-c4cccnc4)cc3)c2)cc1. The van der Waals surface area contributed by atoms with Crippen molar-refractivity contribution in [2.75, 3.05) is 0 Å². The summed E-state index contributed by atoms with van der Waals surface area (Å²) in [6, 6.07) is 69.9. The van der Waals surface area contributed by atoms with Gasteiger partial charge in [0, 0.05) is 24.8 Å². The zero-order valence-electron chi connectivity index (χ0n) is 29.7. The molecule has 2 nitrogen and oxygen atoms in total. The Balaban J connectivity index is 1.27. The first-order chi connectivity index (χ1) is 26.8. The maximum atomic E-state index is 4.36. The molecule has 54 heavy (non-hydrogen) atoms. The normalized spacial score (nSPS) is 11.0. The number of benzene rings is 7. The molecule has 2 aromatic heterocycles. The summed E-state index contributed by atoms with van der Waals surface area (Å²) in [4.78, 5) is 8.72. The van der Waals surface area contributed by atoms with Crippen LogP contribution >= 0.6 is 0 Å². The van der Waals surface area contributed by atoms with E-state index in [2.05, 4.69) is 192 Å². The Labute approximate surface area is 316 Å². The first-order valence-corrected chi connectivity index (χ1v) is 18.3. The minimum Gasteiger partial charge on any atom is -0.264 e. The molecule has 9 rings (SSSR count). The van der Waals surface area contributed by atoms with Crippen molar-refractivity contribution in [1.29, 1.82) is 0 Å². The van der Waals surface area contributed by atoms with Crippen LogP contribution in [0.4, 0.5) is 0 Å².